The van der Waals surface area contributed by atoms with Crippen LogP contribution in [-0.2, 0) is 9.59 Å². The third kappa shape index (κ3) is 4.50. The number of benzene rings is 1. The summed E-state index contributed by atoms with van der Waals surface area (Å²) in [7, 11) is 0. The second-order valence-electron chi connectivity index (χ2n) is 5.87. The van der Waals surface area contributed by atoms with Crippen molar-refractivity contribution in [3.8, 4) is 0 Å². The molecule has 0 saturated carbocycles. The number of rotatable bonds is 5. The van der Waals surface area contributed by atoms with Crippen LogP contribution in [0.1, 0.15) is 37.6 Å². The average Bonchev–Trinajstić information content (AvgIpc) is 3.03. The minimum atomic E-state index is -0.457. The van der Waals surface area contributed by atoms with Gasteiger partial charge in [-0.05, 0) is 31.5 Å². The van der Waals surface area contributed by atoms with Crippen molar-refractivity contribution in [1.29, 1.82) is 0 Å². The molecule has 130 valence electrons. The molecule has 1 aliphatic heterocycles. The first-order valence-corrected chi connectivity index (χ1v) is 9.14. The molecule has 0 radical (unpaired) electrons. The maximum Gasteiger partial charge on any atom is 0.255 e. The van der Waals surface area contributed by atoms with E-state index in [0.29, 0.717) is 22.9 Å². The van der Waals surface area contributed by atoms with E-state index in [2.05, 4.69) is 10.6 Å². The minimum Gasteiger partial charge on any atom is -0.352 e. The summed E-state index contributed by atoms with van der Waals surface area (Å²) in [6, 6.07) is 6.40. The van der Waals surface area contributed by atoms with Crippen LogP contribution < -0.4 is 10.6 Å². The summed E-state index contributed by atoms with van der Waals surface area (Å²) in [5.41, 5.74) is 1.03. The first kappa shape index (κ1) is 18.3. The number of anilines is 1. The van der Waals surface area contributed by atoms with E-state index in [9.17, 15) is 14.4 Å². The Bertz CT molecular complexity index is 635. The van der Waals surface area contributed by atoms with Crippen LogP contribution in [0.4, 0.5) is 5.69 Å². The molecular formula is C17H23N3O3S. The smallest absolute Gasteiger partial charge is 0.255 e. The van der Waals surface area contributed by atoms with Crippen LogP contribution in [0.3, 0.4) is 0 Å². The number of carbonyl (C=O) groups excluding carboxylic acids is 3. The van der Waals surface area contributed by atoms with Gasteiger partial charge in [-0.1, -0.05) is 13.0 Å². The van der Waals surface area contributed by atoms with Crippen LogP contribution >= 0.6 is 11.8 Å². The van der Waals surface area contributed by atoms with Gasteiger partial charge in [0.15, 0.2) is 0 Å². The normalized spacial score (nSPS) is 18.1. The van der Waals surface area contributed by atoms with Gasteiger partial charge in [-0.2, -0.15) is 0 Å². The quantitative estimate of drug-likeness (QED) is 0.853. The Balaban J connectivity index is 2.13. The van der Waals surface area contributed by atoms with Gasteiger partial charge >= 0.3 is 0 Å². The summed E-state index contributed by atoms with van der Waals surface area (Å²) in [6.45, 7) is 5.37. The number of thioether (sulfide) groups is 1. The lowest BCUT2D eigenvalue weighted by molar-refractivity contribution is -0.125. The molecule has 1 aromatic carbocycles. The second kappa shape index (κ2) is 8.19. The molecule has 1 aromatic rings. The highest BCUT2D eigenvalue weighted by atomic mass is 32.2. The third-order valence-electron chi connectivity index (χ3n) is 3.88. The van der Waals surface area contributed by atoms with Gasteiger partial charge in [0, 0.05) is 30.0 Å². The molecule has 1 fully saturated rings. The summed E-state index contributed by atoms with van der Waals surface area (Å²) in [5.74, 6) is 0.584. The third-order valence-corrected chi connectivity index (χ3v) is 4.89. The fourth-order valence-electron chi connectivity index (χ4n) is 2.40. The Labute approximate surface area is 146 Å². The fourth-order valence-corrected chi connectivity index (χ4v) is 3.55. The van der Waals surface area contributed by atoms with E-state index in [4.69, 9.17) is 0 Å². The highest BCUT2D eigenvalue weighted by Crippen LogP contribution is 2.24. The van der Waals surface area contributed by atoms with Crippen molar-refractivity contribution in [1.82, 2.24) is 10.2 Å². The van der Waals surface area contributed by atoms with Gasteiger partial charge in [-0.15, -0.1) is 11.8 Å². The van der Waals surface area contributed by atoms with Crippen molar-refractivity contribution in [2.45, 2.75) is 39.3 Å². The monoisotopic (exact) mass is 349 g/mol. The van der Waals surface area contributed by atoms with Crippen molar-refractivity contribution >= 4 is 35.2 Å². The second-order valence-corrected chi connectivity index (χ2v) is 6.87. The zero-order chi connectivity index (χ0) is 17.7. The van der Waals surface area contributed by atoms with Crippen LogP contribution in [0, 0.1) is 0 Å². The molecule has 2 N–H and O–H groups in total. The lowest BCUT2D eigenvalue weighted by Crippen LogP contribution is -2.49. The van der Waals surface area contributed by atoms with Gasteiger partial charge in [0.1, 0.15) is 6.04 Å². The van der Waals surface area contributed by atoms with Crippen LogP contribution in [0.5, 0.6) is 0 Å². The van der Waals surface area contributed by atoms with E-state index in [1.165, 1.54) is 6.92 Å². The minimum absolute atomic E-state index is 0.0862. The molecular weight excluding hydrogens is 326 g/mol. The zero-order valence-corrected chi connectivity index (χ0v) is 15.0. The van der Waals surface area contributed by atoms with E-state index in [0.717, 1.165) is 6.42 Å². The molecule has 1 heterocycles. The van der Waals surface area contributed by atoms with Gasteiger partial charge < -0.3 is 15.5 Å². The van der Waals surface area contributed by atoms with E-state index >= 15 is 0 Å². The van der Waals surface area contributed by atoms with Gasteiger partial charge in [0.2, 0.25) is 11.8 Å². The number of amides is 3. The molecule has 0 bridgehead atoms. The number of carbonyl (C=O) groups is 3. The van der Waals surface area contributed by atoms with Crippen molar-refractivity contribution in [2.24, 2.45) is 0 Å². The van der Waals surface area contributed by atoms with Crippen molar-refractivity contribution < 1.29 is 14.4 Å². The molecule has 6 nitrogen and oxygen atoms in total. The standard InChI is InChI=1S/C17H23N3O3S/c1-4-11(2)18-16(22)15-9-24-10-20(15)17(23)13-6-5-7-14(8-13)19-12(3)21/h5-8,11,15H,4,9-10H2,1-3H3,(H,18,22)(H,19,21)/t11-,15-/m0/s1. The molecule has 0 unspecified atom stereocenters. The first-order chi connectivity index (χ1) is 11.4. The lowest BCUT2D eigenvalue weighted by atomic mass is 10.1. The van der Waals surface area contributed by atoms with Crippen LogP contribution in [0.15, 0.2) is 24.3 Å². The highest BCUT2D eigenvalue weighted by molar-refractivity contribution is 7.99. The van der Waals surface area contributed by atoms with Crippen molar-refractivity contribution in [2.75, 3.05) is 16.9 Å². The fraction of sp³-hybridized carbons (Fsp3) is 0.471. The maximum absolute atomic E-state index is 12.8. The molecule has 0 aromatic heterocycles. The topological polar surface area (TPSA) is 78.5 Å². The van der Waals surface area contributed by atoms with E-state index in [-0.39, 0.29) is 23.8 Å². The Morgan fingerprint density at radius 3 is 2.79 bits per heavy atom. The predicted molar refractivity (Wildman–Crippen MR) is 95.9 cm³/mol. The van der Waals surface area contributed by atoms with Crippen molar-refractivity contribution in [3.63, 3.8) is 0 Å². The largest absolute Gasteiger partial charge is 0.352 e. The van der Waals surface area contributed by atoms with Crippen molar-refractivity contribution in [3.05, 3.63) is 29.8 Å². The Morgan fingerprint density at radius 2 is 2.12 bits per heavy atom. The molecule has 3 amide bonds. The number of nitrogens with one attached hydrogen (secondary N) is 2. The van der Waals surface area contributed by atoms with E-state index in [1.807, 2.05) is 13.8 Å². The van der Waals surface area contributed by atoms with Gasteiger partial charge in [0.05, 0.1) is 5.88 Å². The van der Waals surface area contributed by atoms with E-state index in [1.54, 1.807) is 40.9 Å². The maximum atomic E-state index is 12.8. The number of nitrogens with zero attached hydrogens (tertiary/aromatic N) is 1. The Morgan fingerprint density at radius 1 is 1.38 bits per heavy atom. The SMILES string of the molecule is CC[C@H](C)NC(=O)[C@@H]1CSCN1C(=O)c1cccc(NC(C)=O)c1. The zero-order valence-electron chi connectivity index (χ0n) is 14.2. The predicted octanol–water partition coefficient (Wildman–Crippen LogP) is 2.07. The lowest BCUT2D eigenvalue weighted by Gasteiger charge is -2.24. The molecule has 7 heteroatoms. The van der Waals surface area contributed by atoms with E-state index < -0.39 is 6.04 Å². The number of hydrogen-bond donors (Lipinski definition) is 2. The first-order valence-electron chi connectivity index (χ1n) is 7.99. The Kier molecular flexibility index (Phi) is 6.25. The summed E-state index contributed by atoms with van der Waals surface area (Å²) < 4.78 is 0. The summed E-state index contributed by atoms with van der Waals surface area (Å²) in [6.07, 6.45) is 0.846. The summed E-state index contributed by atoms with van der Waals surface area (Å²) in [4.78, 5) is 37.9. The van der Waals surface area contributed by atoms with Gasteiger partial charge in [-0.3, -0.25) is 14.4 Å². The van der Waals surface area contributed by atoms with Crippen LogP contribution in [0.25, 0.3) is 0 Å². The Hall–Kier alpha value is -2.02. The average molecular weight is 349 g/mol. The molecule has 1 aliphatic rings. The highest BCUT2D eigenvalue weighted by Gasteiger charge is 2.35. The number of hydrogen-bond acceptors (Lipinski definition) is 4. The van der Waals surface area contributed by atoms with Crippen LogP contribution in [0.2, 0.25) is 0 Å². The molecule has 0 aliphatic carbocycles. The molecule has 0 spiro atoms. The summed E-state index contributed by atoms with van der Waals surface area (Å²) >= 11 is 1.57. The molecule has 1 saturated heterocycles. The summed E-state index contributed by atoms with van der Waals surface area (Å²) in [5, 5.41) is 5.61. The van der Waals surface area contributed by atoms with Crippen LogP contribution in [-0.4, -0.2) is 46.3 Å². The van der Waals surface area contributed by atoms with Gasteiger partial charge in [-0.25, -0.2) is 0 Å². The molecule has 24 heavy (non-hydrogen) atoms. The van der Waals surface area contributed by atoms with Gasteiger partial charge in [0.25, 0.3) is 5.91 Å². The molecule has 2 rings (SSSR count). The molecule has 2 atom stereocenters.